The van der Waals surface area contributed by atoms with Crippen molar-refractivity contribution in [1.82, 2.24) is 0 Å². The van der Waals surface area contributed by atoms with E-state index in [4.69, 9.17) is 14.2 Å². The van der Waals surface area contributed by atoms with Crippen LogP contribution in [-0.4, -0.2) is 86.6 Å². The zero-order valence-corrected chi connectivity index (χ0v) is 26.7. The first-order valence-electron chi connectivity index (χ1n) is 14.9. The Morgan fingerprint density at radius 3 is 1.95 bits per heavy atom. The lowest BCUT2D eigenvalue weighted by Crippen LogP contribution is -2.61. The number of ether oxygens (including phenoxy) is 3. The van der Waals surface area contributed by atoms with Crippen LogP contribution in [0.4, 0.5) is 0 Å². The summed E-state index contributed by atoms with van der Waals surface area (Å²) >= 11 is 0. The number of carbonyl (C=O) groups excluding carboxylic acids is 2. The highest BCUT2D eigenvalue weighted by Gasteiger charge is 2.56. The van der Waals surface area contributed by atoms with Crippen LogP contribution in [-0.2, 0) is 23.8 Å². The molecule has 2 aliphatic rings. The Morgan fingerprint density at radius 1 is 0.900 bits per heavy atom. The summed E-state index contributed by atoms with van der Waals surface area (Å²) in [5.74, 6) is -3.96. The van der Waals surface area contributed by atoms with E-state index in [-0.39, 0.29) is 24.5 Å². The third-order valence-corrected chi connectivity index (χ3v) is 11.0. The van der Waals surface area contributed by atoms with Crippen molar-refractivity contribution in [3.05, 3.63) is 0 Å². The second-order valence-electron chi connectivity index (χ2n) is 14.0. The molecule has 0 bridgehead atoms. The summed E-state index contributed by atoms with van der Waals surface area (Å²) in [5, 5.41) is 45.3. The van der Waals surface area contributed by atoms with E-state index < -0.39 is 82.4 Å². The maximum absolute atomic E-state index is 13.8. The molecule has 9 nitrogen and oxygen atoms in total. The standard InChI is InChI=1S/C31H56O9/c1-13-22-31(11,37)25(33)18(4)24(32)16(2)14-30(10,36)28(7,8)19(5)23(17(3)27(35)40-22)21-15-29(9,38-12)26(34)20(6)39-21/h16-23,25-26,33-34,36-37H,13-15H2,1-12H3/t16-,17-,18+,19+,20+,21-,22-,23?,25-,26+,29-,30-,31-/m1/s1. The van der Waals surface area contributed by atoms with Crippen LogP contribution in [0, 0.1) is 35.0 Å². The third-order valence-electron chi connectivity index (χ3n) is 11.0. The van der Waals surface area contributed by atoms with Crippen molar-refractivity contribution in [2.24, 2.45) is 35.0 Å². The number of cyclic esters (lactones) is 1. The van der Waals surface area contributed by atoms with E-state index in [1.165, 1.54) is 6.92 Å². The largest absolute Gasteiger partial charge is 0.459 e. The van der Waals surface area contributed by atoms with Gasteiger partial charge in [0.15, 0.2) is 0 Å². The van der Waals surface area contributed by atoms with E-state index in [1.54, 1.807) is 48.7 Å². The van der Waals surface area contributed by atoms with Crippen molar-refractivity contribution in [3.63, 3.8) is 0 Å². The highest BCUT2D eigenvalue weighted by atomic mass is 16.6. The summed E-state index contributed by atoms with van der Waals surface area (Å²) in [5.41, 5.74) is -4.97. The summed E-state index contributed by atoms with van der Waals surface area (Å²) in [6.45, 7) is 19.3. The lowest BCUT2D eigenvalue weighted by molar-refractivity contribution is -0.240. The molecule has 0 aromatic carbocycles. The zero-order chi connectivity index (χ0) is 31.2. The van der Waals surface area contributed by atoms with Gasteiger partial charge in [0.25, 0.3) is 0 Å². The molecular formula is C31H56O9. The van der Waals surface area contributed by atoms with Gasteiger partial charge in [0.2, 0.25) is 0 Å². The first-order valence-corrected chi connectivity index (χ1v) is 14.9. The molecule has 234 valence electrons. The number of aliphatic hydroxyl groups is 4. The van der Waals surface area contributed by atoms with Gasteiger partial charge in [-0.3, -0.25) is 9.59 Å². The molecule has 2 heterocycles. The van der Waals surface area contributed by atoms with Crippen molar-refractivity contribution < 1.29 is 44.2 Å². The molecule has 0 aromatic heterocycles. The molecular weight excluding hydrogens is 516 g/mol. The Balaban J connectivity index is 2.71. The SMILES string of the molecule is CC[C@H]1OC(=O)[C@H](C)C([C@H]2C[C@@](C)(OC)[C@@H](O)[C@H](C)O2)[C@H](C)C(C)(C)[C@](C)(O)C[C@@H](C)C(=O)[C@H](C)[C@@H](O)[C@]1(C)O. The number of esters is 1. The van der Waals surface area contributed by atoms with Crippen molar-refractivity contribution in [2.75, 3.05) is 7.11 Å². The molecule has 0 aromatic rings. The van der Waals surface area contributed by atoms with Crippen LogP contribution in [0.5, 0.6) is 0 Å². The van der Waals surface area contributed by atoms with Crippen LogP contribution in [0.3, 0.4) is 0 Å². The fourth-order valence-electron chi connectivity index (χ4n) is 7.18. The predicted octanol–water partition coefficient (Wildman–Crippen LogP) is 3.27. The average molecular weight is 573 g/mol. The van der Waals surface area contributed by atoms with Crippen molar-refractivity contribution >= 4 is 11.8 Å². The fourth-order valence-corrected chi connectivity index (χ4v) is 7.18. The molecule has 2 rings (SSSR count). The molecule has 2 fully saturated rings. The van der Waals surface area contributed by atoms with E-state index in [9.17, 15) is 30.0 Å². The fraction of sp³-hybridized carbons (Fsp3) is 0.935. The average Bonchev–Trinajstić information content (AvgIpc) is 2.87. The molecule has 0 amide bonds. The zero-order valence-electron chi connectivity index (χ0n) is 26.7. The number of hydrogen-bond donors (Lipinski definition) is 4. The topological polar surface area (TPSA) is 143 Å². The molecule has 4 N–H and O–H groups in total. The Labute approximate surface area is 241 Å². The van der Waals surface area contributed by atoms with Crippen LogP contribution in [0.15, 0.2) is 0 Å². The maximum atomic E-state index is 13.8. The quantitative estimate of drug-likeness (QED) is 0.375. The molecule has 0 saturated carbocycles. The van der Waals surface area contributed by atoms with Crippen LogP contribution >= 0.6 is 0 Å². The number of rotatable bonds is 3. The number of aliphatic hydroxyl groups excluding tert-OH is 2. The number of ketones is 1. The predicted molar refractivity (Wildman–Crippen MR) is 151 cm³/mol. The van der Waals surface area contributed by atoms with Crippen LogP contribution < -0.4 is 0 Å². The van der Waals surface area contributed by atoms with Gasteiger partial charge in [-0.2, -0.15) is 0 Å². The smallest absolute Gasteiger partial charge is 0.309 e. The van der Waals surface area contributed by atoms with Gasteiger partial charge in [0, 0.05) is 31.3 Å². The summed E-state index contributed by atoms with van der Waals surface area (Å²) in [4.78, 5) is 27.3. The highest BCUT2D eigenvalue weighted by molar-refractivity contribution is 5.83. The van der Waals surface area contributed by atoms with Gasteiger partial charge in [0.05, 0.1) is 35.4 Å². The van der Waals surface area contributed by atoms with Gasteiger partial charge in [-0.05, 0) is 51.9 Å². The van der Waals surface area contributed by atoms with Gasteiger partial charge in [-0.15, -0.1) is 0 Å². The summed E-state index contributed by atoms with van der Waals surface area (Å²) in [6.07, 6.45) is -3.88. The summed E-state index contributed by atoms with van der Waals surface area (Å²) in [7, 11) is 1.54. The van der Waals surface area contributed by atoms with E-state index in [2.05, 4.69) is 0 Å². The van der Waals surface area contributed by atoms with E-state index in [1.807, 2.05) is 27.7 Å². The first-order chi connectivity index (χ1) is 18.1. The Morgan fingerprint density at radius 2 is 1.45 bits per heavy atom. The Kier molecular flexibility index (Phi) is 10.8. The molecule has 13 atom stereocenters. The van der Waals surface area contributed by atoms with E-state index in [0.717, 1.165) is 0 Å². The molecule has 2 aliphatic heterocycles. The van der Waals surface area contributed by atoms with Gasteiger partial charge >= 0.3 is 5.97 Å². The highest BCUT2D eigenvalue weighted by Crippen LogP contribution is 2.50. The molecule has 0 radical (unpaired) electrons. The molecule has 9 heteroatoms. The Hall–Kier alpha value is -1.10. The second-order valence-corrected chi connectivity index (χ2v) is 14.0. The minimum absolute atomic E-state index is 0.127. The van der Waals surface area contributed by atoms with Gasteiger partial charge < -0.3 is 34.6 Å². The second kappa shape index (κ2) is 12.3. The third kappa shape index (κ3) is 6.30. The van der Waals surface area contributed by atoms with Gasteiger partial charge in [-0.1, -0.05) is 48.5 Å². The maximum Gasteiger partial charge on any atom is 0.309 e. The number of Topliss-reactive ketones (excluding diaryl/α,β-unsaturated/α-hetero) is 1. The van der Waals surface area contributed by atoms with Crippen molar-refractivity contribution in [3.8, 4) is 0 Å². The first kappa shape index (κ1) is 35.1. The summed E-state index contributed by atoms with van der Waals surface area (Å²) < 4.78 is 18.0. The molecule has 1 unspecified atom stereocenters. The van der Waals surface area contributed by atoms with Gasteiger partial charge in [0.1, 0.15) is 23.6 Å². The number of methoxy groups -OCH3 is 1. The summed E-state index contributed by atoms with van der Waals surface area (Å²) in [6, 6.07) is 0. The van der Waals surface area contributed by atoms with Crippen LogP contribution in [0.25, 0.3) is 0 Å². The van der Waals surface area contributed by atoms with Crippen LogP contribution in [0.2, 0.25) is 0 Å². The number of carbonyl (C=O) groups is 2. The monoisotopic (exact) mass is 572 g/mol. The minimum Gasteiger partial charge on any atom is -0.459 e. The van der Waals surface area contributed by atoms with E-state index >= 15 is 0 Å². The van der Waals surface area contributed by atoms with Crippen molar-refractivity contribution in [1.29, 1.82) is 0 Å². The number of hydrogen-bond acceptors (Lipinski definition) is 9. The van der Waals surface area contributed by atoms with Crippen LogP contribution in [0.1, 0.15) is 95.4 Å². The minimum atomic E-state index is -1.89. The van der Waals surface area contributed by atoms with Crippen molar-refractivity contribution in [2.45, 2.75) is 143 Å². The lowest BCUT2D eigenvalue weighted by atomic mass is 9.57. The molecule has 0 spiro atoms. The van der Waals surface area contributed by atoms with E-state index in [0.29, 0.717) is 6.42 Å². The molecule has 40 heavy (non-hydrogen) atoms. The Bertz CT molecular complexity index is 899. The normalized spacial score (nSPS) is 49.7. The van der Waals surface area contributed by atoms with Gasteiger partial charge in [-0.25, -0.2) is 0 Å². The lowest BCUT2D eigenvalue weighted by Gasteiger charge is -2.53. The molecule has 0 aliphatic carbocycles. The molecule has 2 saturated heterocycles.